The fraction of sp³-hybridized carbons (Fsp3) is 0.857. The van der Waals surface area contributed by atoms with Crippen LogP contribution in [0.3, 0.4) is 0 Å². The van der Waals surface area contributed by atoms with Crippen molar-refractivity contribution in [2.75, 3.05) is 0 Å². The van der Waals surface area contributed by atoms with Gasteiger partial charge in [-0.05, 0) is 12.8 Å². The maximum absolute atomic E-state index is 10.1. The molecule has 1 saturated carbocycles. The van der Waals surface area contributed by atoms with Crippen molar-refractivity contribution in [2.24, 2.45) is 0 Å². The van der Waals surface area contributed by atoms with Gasteiger partial charge in [0.2, 0.25) is 0 Å². The van der Waals surface area contributed by atoms with Crippen molar-refractivity contribution in [1.82, 2.24) is 5.32 Å². The third kappa shape index (κ3) is 2.25. The number of hydrogen-bond donors (Lipinski definition) is 1. The highest BCUT2D eigenvalue weighted by Gasteiger charge is 2.16. The Bertz CT molecular complexity index is 119. The molecular weight excluding hydrogens is 130 g/mol. The van der Waals surface area contributed by atoms with Crippen LogP contribution >= 0.6 is 0 Å². The van der Waals surface area contributed by atoms with Crippen LogP contribution in [-0.2, 0) is 0 Å². The van der Waals surface area contributed by atoms with Crippen LogP contribution in [0.2, 0.25) is 0 Å². The van der Waals surface area contributed by atoms with Gasteiger partial charge in [0.1, 0.15) is 0 Å². The summed E-state index contributed by atoms with van der Waals surface area (Å²) in [5.74, 6) is 0. The van der Waals surface area contributed by atoms with E-state index in [0.29, 0.717) is 0 Å². The molecule has 0 unspecified atom stereocenters. The Balaban J connectivity index is 2.19. The highest BCUT2D eigenvalue weighted by Crippen LogP contribution is 2.17. The average molecular weight is 142 g/mol. The summed E-state index contributed by atoms with van der Waals surface area (Å²) < 4.78 is 0. The van der Waals surface area contributed by atoms with E-state index < -0.39 is 6.09 Å². The Kier molecular flexibility index (Phi) is 2.54. The molecule has 0 heterocycles. The summed E-state index contributed by atoms with van der Waals surface area (Å²) in [6, 6.07) is 0.103. The highest BCUT2D eigenvalue weighted by molar-refractivity contribution is 5.64. The summed E-state index contributed by atoms with van der Waals surface area (Å²) in [6.07, 6.45) is 4.44. The molecule has 0 aromatic carbocycles. The van der Waals surface area contributed by atoms with Crippen LogP contribution in [0.25, 0.3) is 0 Å². The van der Waals surface area contributed by atoms with Gasteiger partial charge in [-0.2, -0.15) is 0 Å². The largest absolute Gasteiger partial charge is 0.464 e. The zero-order chi connectivity index (χ0) is 7.40. The summed E-state index contributed by atoms with van der Waals surface area (Å²) in [6.45, 7) is 0. The SMILES string of the molecule is O=C(O)[N]C1CCCCC1. The lowest BCUT2D eigenvalue weighted by Gasteiger charge is -2.18. The molecule has 1 aliphatic rings. The zero-order valence-electron chi connectivity index (χ0n) is 5.92. The fourth-order valence-electron chi connectivity index (χ4n) is 1.37. The van der Waals surface area contributed by atoms with Crippen molar-refractivity contribution in [3.8, 4) is 0 Å². The summed E-state index contributed by atoms with van der Waals surface area (Å²) in [5.41, 5.74) is 0. The Morgan fingerprint density at radius 1 is 1.30 bits per heavy atom. The lowest BCUT2D eigenvalue weighted by molar-refractivity contribution is 0.184. The van der Waals surface area contributed by atoms with Gasteiger partial charge in [0.25, 0.3) is 0 Å². The lowest BCUT2D eigenvalue weighted by atomic mass is 9.96. The predicted octanol–water partition coefficient (Wildman–Crippen LogP) is 1.60. The Hall–Kier alpha value is -0.730. The first-order valence-electron chi connectivity index (χ1n) is 3.73. The third-order valence-corrected chi connectivity index (χ3v) is 1.87. The summed E-state index contributed by atoms with van der Waals surface area (Å²) >= 11 is 0. The second kappa shape index (κ2) is 3.44. The van der Waals surface area contributed by atoms with Crippen molar-refractivity contribution in [3.05, 3.63) is 0 Å². The van der Waals surface area contributed by atoms with Gasteiger partial charge >= 0.3 is 6.09 Å². The molecule has 1 N–H and O–H groups in total. The maximum atomic E-state index is 10.1. The number of amides is 1. The normalized spacial score (nSPS) is 20.4. The number of nitrogens with zero attached hydrogens (tertiary/aromatic N) is 1. The summed E-state index contributed by atoms with van der Waals surface area (Å²) in [7, 11) is 0. The van der Waals surface area contributed by atoms with Crippen LogP contribution in [0.15, 0.2) is 0 Å². The average Bonchev–Trinajstić information content (AvgIpc) is 1.88. The summed E-state index contributed by atoms with van der Waals surface area (Å²) in [4.78, 5) is 10.1. The highest BCUT2D eigenvalue weighted by atomic mass is 16.4. The molecule has 0 aromatic rings. The zero-order valence-corrected chi connectivity index (χ0v) is 5.92. The van der Waals surface area contributed by atoms with Gasteiger partial charge in [0, 0.05) is 0 Å². The third-order valence-electron chi connectivity index (χ3n) is 1.87. The van der Waals surface area contributed by atoms with Crippen molar-refractivity contribution < 1.29 is 9.90 Å². The fourth-order valence-corrected chi connectivity index (χ4v) is 1.37. The van der Waals surface area contributed by atoms with Crippen molar-refractivity contribution in [3.63, 3.8) is 0 Å². The minimum Gasteiger partial charge on any atom is -0.464 e. The Morgan fingerprint density at radius 2 is 1.90 bits per heavy atom. The van der Waals surface area contributed by atoms with E-state index in [1.54, 1.807) is 0 Å². The second-order valence-corrected chi connectivity index (χ2v) is 2.70. The Labute approximate surface area is 60.4 Å². The van der Waals surface area contributed by atoms with Gasteiger partial charge in [-0.15, -0.1) is 0 Å². The number of carboxylic acid groups (broad SMARTS) is 1. The van der Waals surface area contributed by atoms with E-state index in [1.165, 1.54) is 6.42 Å². The quantitative estimate of drug-likeness (QED) is 0.604. The minimum atomic E-state index is -1.01. The van der Waals surface area contributed by atoms with E-state index in [-0.39, 0.29) is 6.04 Å². The standard InChI is InChI=1S/C7H12NO2/c9-7(10)8-6-4-2-1-3-5-6/h6H,1-5H2,(H,9,10). The molecule has 1 aliphatic carbocycles. The molecule has 0 spiro atoms. The minimum absolute atomic E-state index is 0.103. The Morgan fingerprint density at radius 3 is 2.40 bits per heavy atom. The first kappa shape index (κ1) is 7.38. The molecule has 10 heavy (non-hydrogen) atoms. The predicted molar refractivity (Wildman–Crippen MR) is 37.0 cm³/mol. The first-order chi connectivity index (χ1) is 4.79. The van der Waals surface area contributed by atoms with Gasteiger partial charge in [-0.3, -0.25) is 0 Å². The van der Waals surface area contributed by atoms with Gasteiger partial charge in [-0.25, -0.2) is 10.1 Å². The summed E-state index contributed by atoms with van der Waals surface area (Å²) in [5, 5.41) is 11.9. The molecule has 0 bridgehead atoms. The van der Waals surface area contributed by atoms with Crippen LogP contribution in [0.5, 0.6) is 0 Å². The smallest absolute Gasteiger partial charge is 0.426 e. The van der Waals surface area contributed by atoms with E-state index in [0.717, 1.165) is 25.7 Å². The number of carbonyl (C=O) groups is 1. The van der Waals surface area contributed by atoms with Gasteiger partial charge in [-0.1, -0.05) is 19.3 Å². The molecule has 1 amide bonds. The van der Waals surface area contributed by atoms with Crippen LogP contribution in [-0.4, -0.2) is 17.2 Å². The second-order valence-electron chi connectivity index (χ2n) is 2.70. The van der Waals surface area contributed by atoms with Gasteiger partial charge in [0.15, 0.2) is 0 Å². The van der Waals surface area contributed by atoms with Crippen molar-refractivity contribution in [2.45, 2.75) is 38.1 Å². The van der Waals surface area contributed by atoms with E-state index in [9.17, 15) is 4.79 Å². The molecule has 1 rings (SSSR count). The van der Waals surface area contributed by atoms with E-state index in [2.05, 4.69) is 5.32 Å². The molecule has 3 heteroatoms. The van der Waals surface area contributed by atoms with Crippen LogP contribution in [0.4, 0.5) is 4.79 Å². The molecule has 0 atom stereocenters. The first-order valence-corrected chi connectivity index (χ1v) is 3.73. The molecule has 1 radical (unpaired) electrons. The van der Waals surface area contributed by atoms with Crippen LogP contribution in [0, 0.1) is 0 Å². The molecule has 57 valence electrons. The van der Waals surface area contributed by atoms with E-state index in [4.69, 9.17) is 5.11 Å². The van der Waals surface area contributed by atoms with Crippen molar-refractivity contribution in [1.29, 1.82) is 0 Å². The van der Waals surface area contributed by atoms with Crippen molar-refractivity contribution >= 4 is 6.09 Å². The number of rotatable bonds is 1. The van der Waals surface area contributed by atoms with Gasteiger partial charge < -0.3 is 5.11 Å². The van der Waals surface area contributed by atoms with Gasteiger partial charge in [0.05, 0.1) is 6.04 Å². The topological polar surface area (TPSA) is 51.4 Å². The monoisotopic (exact) mass is 142 g/mol. The lowest BCUT2D eigenvalue weighted by Crippen LogP contribution is -2.28. The molecule has 1 fully saturated rings. The van der Waals surface area contributed by atoms with Crippen LogP contribution in [0.1, 0.15) is 32.1 Å². The van der Waals surface area contributed by atoms with Crippen LogP contribution < -0.4 is 5.32 Å². The molecule has 0 aromatic heterocycles. The molecule has 0 saturated heterocycles. The molecule has 0 aliphatic heterocycles. The molecule has 3 nitrogen and oxygen atoms in total. The van der Waals surface area contributed by atoms with E-state index >= 15 is 0 Å². The maximum Gasteiger partial charge on any atom is 0.426 e. The van der Waals surface area contributed by atoms with E-state index in [1.807, 2.05) is 0 Å². The molecular formula is C7H12NO2. The number of hydrogen-bond acceptors (Lipinski definition) is 1.